The zero-order chi connectivity index (χ0) is 15.4. The van der Waals surface area contributed by atoms with E-state index in [2.05, 4.69) is 15.9 Å². The van der Waals surface area contributed by atoms with Crippen LogP contribution in [-0.4, -0.2) is 35.0 Å². The third kappa shape index (κ3) is 4.46. The van der Waals surface area contributed by atoms with Crippen molar-refractivity contribution in [2.45, 2.75) is 25.7 Å². The van der Waals surface area contributed by atoms with Crippen molar-refractivity contribution in [2.24, 2.45) is 5.92 Å². The third-order valence-corrected chi connectivity index (χ3v) is 4.29. The van der Waals surface area contributed by atoms with Gasteiger partial charge in [-0.25, -0.2) is 0 Å². The Bertz CT molecular complexity index is 519. The Balaban J connectivity index is 1.92. The lowest BCUT2D eigenvalue weighted by molar-refractivity contribution is -0.137. The molecule has 0 aliphatic carbocycles. The number of piperidine rings is 1. The summed E-state index contributed by atoms with van der Waals surface area (Å²) in [7, 11) is 0. The standard InChI is InChI=1S/C15H19BrN2O3/c16-12-7-11(8-13(17)9-12)15(21)18-5-3-10(4-6-18)1-2-14(19)20/h7-10H,1-6,17H2,(H,19,20). The number of carbonyl (C=O) groups excluding carboxylic acids is 1. The molecule has 0 aromatic heterocycles. The summed E-state index contributed by atoms with van der Waals surface area (Å²) in [6, 6.07) is 5.22. The first-order valence-corrected chi connectivity index (χ1v) is 7.82. The molecule has 0 radical (unpaired) electrons. The average Bonchev–Trinajstić information content (AvgIpc) is 2.44. The second-order valence-corrected chi connectivity index (χ2v) is 6.36. The van der Waals surface area contributed by atoms with Gasteiger partial charge in [0.25, 0.3) is 5.91 Å². The monoisotopic (exact) mass is 354 g/mol. The third-order valence-electron chi connectivity index (χ3n) is 3.84. The number of anilines is 1. The largest absolute Gasteiger partial charge is 0.481 e. The van der Waals surface area contributed by atoms with Crippen LogP contribution >= 0.6 is 15.9 Å². The molecule has 21 heavy (non-hydrogen) atoms. The van der Waals surface area contributed by atoms with Gasteiger partial charge in [0.15, 0.2) is 0 Å². The summed E-state index contributed by atoms with van der Waals surface area (Å²) in [6.45, 7) is 1.35. The zero-order valence-electron chi connectivity index (χ0n) is 11.7. The number of carboxylic acids is 1. The van der Waals surface area contributed by atoms with Gasteiger partial charge in [-0.1, -0.05) is 15.9 Å². The highest BCUT2D eigenvalue weighted by Crippen LogP contribution is 2.24. The van der Waals surface area contributed by atoms with Crippen molar-refractivity contribution >= 4 is 33.5 Å². The molecule has 0 saturated carbocycles. The molecular formula is C15H19BrN2O3. The van der Waals surface area contributed by atoms with E-state index in [-0.39, 0.29) is 12.3 Å². The van der Waals surface area contributed by atoms with E-state index in [1.807, 2.05) is 4.90 Å². The highest BCUT2D eigenvalue weighted by atomic mass is 79.9. The molecule has 1 amide bonds. The summed E-state index contributed by atoms with van der Waals surface area (Å²) in [5.74, 6) is -0.365. The number of aliphatic carboxylic acids is 1. The van der Waals surface area contributed by atoms with Gasteiger partial charge in [0.1, 0.15) is 0 Å². The molecule has 6 heteroatoms. The summed E-state index contributed by atoms with van der Waals surface area (Å²) in [6.07, 6.45) is 2.63. The van der Waals surface area contributed by atoms with E-state index < -0.39 is 5.97 Å². The van der Waals surface area contributed by atoms with Crippen molar-refractivity contribution in [3.8, 4) is 0 Å². The molecule has 0 unspecified atom stereocenters. The van der Waals surface area contributed by atoms with Gasteiger partial charge in [-0.3, -0.25) is 9.59 Å². The summed E-state index contributed by atoms with van der Waals surface area (Å²) < 4.78 is 0.794. The second-order valence-electron chi connectivity index (χ2n) is 5.44. The summed E-state index contributed by atoms with van der Waals surface area (Å²) in [5, 5.41) is 8.70. The maximum atomic E-state index is 12.4. The summed E-state index contributed by atoms with van der Waals surface area (Å²) in [4.78, 5) is 24.8. The van der Waals surface area contributed by atoms with E-state index in [0.717, 1.165) is 17.3 Å². The maximum Gasteiger partial charge on any atom is 0.303 e. The molecule has 1 saturated heterocycles. The highest BCUT2D eigenvalue weighted by molar-refractivity contribution is 9.10. The van der Waals surface area contributed by atoms with Crippen LogP contribution in [0.4, 0.5) is 5.69 Å². The number of carbonyl (C=O) groups is 2. The first-order chi connectivity index (χ1) is 9.95. The molecule has 114 valence electrons. The number of carboxylic acid groups (broad SMARTS) is 1. The Morgan fingerprint density at radius 2 is 1.95 bits per heavy atom. The highest BCUT2D eigenvalue weighted by Gasteiger charge is 2.24. The quantitative estimate of drug-likeness (QED) is 0.814. The number of halogens is 1. The Hall–Kier alpha value is -1.56. The Morgan fingerprint density at radius 1 is 1.29 bits per heavy atom. The lowest BCUT2D eigenvalue weighted by Gasteiger charge is -2.32. The molecule has 5 nitrogen and oxygen atoms in total. The molecule has 1 aromatic carbocycles. The van der Waals surface area contributed by atoms with Crippen molar-refractivity contribution in [3.05, 3.63) is 28.2 Å². The van der Waals surface area contributed by atoms with Crippen LogP contribution in [0, 0.1) is 5.92 Å². The molecule has 1 fully saturated rings. The number of benzene rings is 1. The van der Waals surface area contributed by atoms with E-state index in [9.17, 15) is 9.59 Å². The fraction of sp³-hybridized carbons (Fsp3) is 0.467. The predicted molar refractivity (Wildman–Crippen MR) is 84.1 cm³/mol. The number of likely N-dealkylation sites (tertiary alicyclic amines) is 1. The van der Waals surface area contributed by atoms with Crippen molar-refractivity contribution in [2.75, 3.05) is 18.8 Å². The number of nitrogens with zero attached hydrogens (tertiary/aromatic N) is 1. The topological polar surface area (TPSA) is 83.6 Å². The second kappa shape index (κ2) is 6.93. The number of nitrogens with two attached hydrogens (primary N) is 1. The fourth-order valence-electron chi connectivity index (χ4n) is 2.67. The minimum Gasteiger partial charge on any atom is -0.481 e. The van der Waals surface area contributed by atoms with Crippen LogP contribution in [0.1, 0.15) is 36.0 Å². The van der Waals surface area contributed by atoms with Crippen molar-refractivity contribution in [1.29, 1.82) is 0 Å². The average molecular weight is 355 g/mol. The lowest BCUT2D eigenvalue weighted by atomic mass is 9.92. The van der Waals surface area contributed by atoms with Crippen LogP contribution in [0.5, 0.6) is 0 Å². The molecule has 2 rings (SSSR count). The van der Waals surface area contributed by atoms with E-state index >= 15 is 0 Å². The number of amides is 1. The Kier molecular flexibility index (Phi) is 5.22. The van der Waals surface area contributed by atoms with E-state index in [1.165, 1.54) is 0 Å². The maximum absolute atomic E-state index is 12.4. The van der Waals surface area contributed by atoms with Crippen molar-refractivity contribution in [1.82, 2.24) is 4.90 Å². The van der Waals surface area contributed by atoms with Crippen LogP contribution in [0.15, 0.2) is 22.7 Å². The molecule has 1 aliphatic heterocycles. The van der Waals surface area contributed by atoms with Gasteiger partial charge < -0.3 is 15.7 Å². The van der Waals surface area contributed by atoms with Crippen LogP contribution in [0.2, 0.25) is 0 Å². The minimum atomic E-state index is -0.752. The molecule has 0 spiro atoms. The SMILES string of the molecule is Nc1cc(Br)cc(C(=O)N2CCC(CCC(=O)O)CC2)c1. The minimum absolute atomic E-state index is 0.0142. The molecule has 3 N–H and O–H groups in total. The van der Waals surface area contributed by atoms with Gasteiger partial charge in [-0.05, 0) is 43.4 Å². The van der Waals surface area contributed by atoms with Gasteiger partial charge in [0.2, 0.25) is 0 Å². The molecule has 1 heterocycles. The van der Waals surface area contributed by atoms with Gasteiger partial charge >= 0.3 is 5.97 Å². The molecular weight excluding hydrogens is 336 g/mol. The van der Waals surface area contributed by atoms with E-state index in [0.29, 0.717) is 36.7 Å². The molecule has 0 bridgehead atoms. The number of rotatable bonds is 4. The molecule has 0 atom stereocenters. The van der Waals surface area contributed by atoms with Crippen LogP contribution in [0.3, 0.4) is 0 Å². The zero-order valence-corrected chi connectivity index (χ0v) is 13.3. The van der Waals surface area contributed by atoms with Gasteiger partial charge in [0, 0.05) is 35.2 Å². The Morgan fingerprint density at radius 3 is 2.52 bits per heavy atom. The normalized spacial score (nSPS) is 16.0. The first-order valence-electron chi connectivity index (χ1n) is 7.03. The summed E-state index contributed by atoms with van der Waals surface area (Å²) >= 11 is 3.34. The number of hydrogen-bond acceptors (Lipinski definition) is 3. The van der Waals surface area contributed by atoms with E-state index in [1.54, 1.807) is 18.2 Å². The van der Waals surface area contributed by atoms with Crippen LogP contribution < -0.4 is 5.73 Å². The van der Waals surface area contributed by atoms with Gasteiger partial charge in [-0.2, -0.15) is 0 Å². The summed E-state index contributed by atoms with van der Waals surface area (Å²) in [5.41, 5.74) is 6.91. The van der Waals surface area contributed by atoms with Crippen molar-refractivity contribution in [3.63, 3.8) is 0 Å². The fourth-order valence-corrected chi connectivity index (χ4v) is 3.18. The van der Waals surface area contributed by atoms with Crippen LogP contribution in [-0.2, 0) is 4.79 Å². The predicted octanol–water partition coefficient (Wildman–Crippen LogP) is 2.75. The van der Waals surface area contributed by atoms with Crippen molar-refractivity contribution < 1.29 is 14.7 Å². The number of hydrogen-bond donors (Lipinski definition) is 2. The first kappa shape index (κ1) is 15.8. The van der Waals surface area contributed by atoms with Crippen LogP contribution in [0.25, 0.3) is 0 Å². The van der Waals surface area contributed by atoms with Gasteiger partial charge in [-0.15, -0.1) is 0 Å². The van der Waals surface area contributed by atoms with Gasteiger partial charge in [0.05, 0.1) is 0 Å². The van der Waals surface area contributed by atoms with E-state index in [4.69, 9.17) is 10.8 Å². The molecule has 1 aliphatic rings. The molecule has 1 aromatic rings. The lowest BCUT2D eigenvalue weighted by Crippen LogP contribution is -2.38. The smallest absolute Gasteiger partial charge is 0.303 e. The Labute approximate surface area is 132 Å². The number of nitrogen functional groups attached to an aromatic ring is 1.